The van der Waals surface area contributed by atoms with Crippen molar-refractivity contribution in [3.63, 3.8) is 0 Å². The van der Waals surface area contributed by atoms with Gasteiger partial charge in [0.25, 0.3) is 0 Å². The number of aliphatic imine (C=N–C) groups is 1. The van der Waals surface area contributed by atoms with Crippen molar-refractivity contribution in [2.75, 3.05) is 26.8 Å². The maximum Gasteiger partial charge on any atom is 0.191 e. The van der Waals surface area contributed by atoms with Crippen molar-refractivity contribution >= 4 is 28.9 Å². The first-order valence-electron chi connectivity index (χ1n) is 9.24. The van der Waals surface area contributed by atoms with Crippen LogP contribution in [0.1, 0.15) is 34.0 Å². The Morgan fingerprint density at radius 2 is 2.07 bits per heavy atom. The first-order chi connectivity index (χ1) is 13.0. The lowest BCUT2D eigenvalue weighted by molar-refractivity contribution is 0.0514. The van der Waals surface area contributed by atoms with Crippen molar-refractivity contribution in [3.8, 4) is 0 Å². The number of hydrogen-bond acceptors (Lipinski definition) is 4. The number of nitrogens with zero attached hydrogens (tertiary/aromatic N) is 2. The summed E-state index contributed by atoms with van der Waals surface area (Å²) in [5.74, 6) is 0.786. The number of aromatic nitrogens is 1. The Labute approximate surface area is 170 Å². The molecule has 1 aliphatic rings. The molecule has 146 valence electrons. The highest BCUT2D eigenvalue weighted by molar-refractivity contribution is 7.11. The van der Waals surface area contributed by atoms with Crippen LogP contribution in [-0.2, 0) is 16.7 Å². The van der Waals surface area contributed by atoms with E-state index in [-0.39, 0.29) is 5.41 Å². The molecule has 1 aromatic heterocycles. The molecule has 2 heterocycles. The van der Waals surface area contributed by atoms with E-state index >= 15 is 0 Å². The topological polar surface area (TPSA) is 58.5 Å². The summed E-state index contributed by atoms with van der Waals surface area (Å²) in [5, 5.41) is 8.73. The molecule has 1 aromatic carbocycles. The number of ether oxygens (including phenoxy) is 1. The van der Waals surface area contributed by atoms with Crippen molar-refractivity contribution < 1.29 is 4.74 Å². The molecular weight excluding hydrogens is 380 g/mol. The van der Waals surface area contributed by atoms with E-state index in [1.54, 1.807) is 18.4 Å². The van der Waals surface area contributed by atoms with E-state index in [1.165, 1.54) is 10.4 Å². The first-order valence-corrected chi connectivity index (χ1v) is 10.4. The zero-order valence-electron chi connectivity index (χ0n) is 16.1. The van der Waals surface area contributed by atoms with Crippen LogP contribution in [0, 0.1) is 13.8 Å². The molecule has 0 unspecified atom stereocenters. The van der Waals surface area contributed by atoms with Crippen LogP contribution < -0.4 is 10.6 Å². The first kappa shape index (κ1) is 20.1. The third kappa shape index (κ3) is 5.00. The van der Waals surface area contributed by atoms with E-state index in [1.807, 2.05) is 19.1 Å². The van der Waals surface area contributed by atoms with Crippen LogP contribution in [0.2, 0.25) is 5.02 Å². The van der Waals surface area contributed by atoms with Crippen LogP contribution in [0.5, 0.6) is 0 Å². The van der Waals surface area contributed by atoms with Gasteiger partial charge in [-0.05, 0) is 44.4 Å². The molecule has 3 rings (SSSR count). The van der Waals surface area contributed by atoms with Gasteiger partial charge in [-0.25, -0.2) is 4.98 Å². The van der Waals surface area contributed by atoms with E-state index in [0.29, 0.717) is 6.54 Å². The van der Waals surface area contributed by atoms with Gasteiger partial charge in [-0.3, -0.25) is 4.99 Å². The quantitative estimate of drug-likeness (QED) is 0.585. The van der Waals surface area contributed by atoms with E-state index in [9.17, 15) is 0 Å². The predicted molar refractivity (Wildman–Crippen MR) is 113 cm³/mol. The lowest BCUT2D eigenvalue weighted by Gasteiger charge is -2.38. The molecule has 0 saturated carbocycles. The Kier molecular flexibility index (Phi) is 6.73. The molecule has 7 heteroatoms. The standard InChI is InChI=1S/C20H27ClN4OS/c1-14-15(2)27-18(25-14)12-23-19(22-3)24-13-20(7-9-26-10-8-20)16-5-4-6-17(21)11-16/h4-6,11H,7-10,12-13H2,1-3H3,(H2,22,23,24). The summed E-state index contributed by atoms with van der Waals surface area (Å²) < 4.78 is 5.61. The van der Waals surface area contributed by atoms with Crippen LogP contribution in [0.25, 0.3) is 0 Å². The second kappa shape index (κ2) is 9.04. The molecule has 0 amide bonds. The highest BCUT2D eigenvalue weighted by Crippen LogP contribution is 2.35. The fraction of sp³-hybridized carbons (Fsp3) is 0.500. The molecule has 2 N–H and O–H groups in total. The van der Waals surface area contributed by atoms with E-state index in [0.717, 1.165) is 54.3 Å². The maximum absolute atomic E-state index is 6.25. The SMILES string of the molecule is CN=C(NCc1nc(C)c(C)s1)NCC1(c2cccc(Cl)c2)CCOCC1. The molecule has 0 bridgehead atoms. The lowest BCUT2D eigenvalue weighted by atomic mass is 9.74. The number of thiazole rings is 1. The number of benzene rings is 1. The van der Waals surface area contributed by atoms with Gasteiger partial charge < -0.3 is 15.4 Å². The molecule has 0 spiro atoms. The largest absolute Gasteiger partial charge is 0.381 e. The Morgan fingerprint density at radius 1 is 1.30 bits per heavy atom. The van der Waals surface area contributed by atoms with Crippen LogP contribution in [0.15, 0.2) is 29.3 Å². The molecule has 0 atom stereocenters. The van der Waals surface area contributed by atoms with E-state index < -0.39 is 0 Å². The Balaban J connectivity index is 1.66. The van der Waals surface area contributed by atoms with Crippen molar-refractivity contribution in [2.45, 2.75) is 38.6 Å². The zero-order valence-corrected chi connectivity index (χ0v) is 17.7. The lowest BCUT2D eigenvalue weighted by Crippen LogP contribution is -2.47. The Bertz CT molecular complexity index is 780. The Morgan fingerprint density at radius 3 is 2.70 bits per heavy atom. The normalized spacial score (nSPS) is 17.0. The van der Waals surface area contributed by atoms with Gasteiger partial charge in [-0.2, -0.15) is 0 Å². The fourth-order valence-electron chi connectivity index (χ4n) is 3.40. The van der Waals surface area contributed by atoms with Crippen molar-refractivity contribution in [3.05, 3.63) is 50.4 Å². The van der Waals surface area contributed by atoms with E-state index in [2.05, 4.69) is 39.7 Å². The van der Waals surface area contributed by atoms with Crippen molar-refractivity contribution in [1.29, 1.82) is 0 Å². The Hall–Kier alpha value is -1.63. The minimum atomic E-state index is -0.00483. The van der Waals surface area contributed by atoms with Gasteiger partial charge in [0.05, 0.1) is 12.2 Å². The molecular formula is C20H27ClN4OS. The number of rotatable bonds is 5. The number of aryl methyl sites for hydroxylation is 2. The van der Waals surface area contributed by atoms with E-state index in [4.69, 9.17) is 16.3 Å². The van der Waals surface area contributed by atoms with Gasteiger partial charge in [-0.1, -0.05) is 23.7 Å². The smallest absolute Gasteiger partial charge is 0.191 e. The summed E-state index contributed by atoms with van der Waals surface area (Å²) in [7, 11) is 1.80. The summed E-state index contributed by atoms with van der Waals surface area (Å²) in [6.07, 6.45) is 1.92. The molecule has 0 aliphatic carbocycles. The maximum atomic E-state index is 6.25. The van der Waals surface area contributed by atoms with Crippen LogP contribution in [-0.4, -0.2) is 37.7 Å². The van der Waals surface area contributed by atoms with Gasteiger partial charge in [-0.15, -0.1) is 11.3 Å². The minimum absolute atomic E-state index is 0.00483. The number of nitrogens with one attached hydrogen (secondary N) is 2. The molecule has 27 heavy (non-hydrogen) atoms. The highest BCUT2D eigenvalue weighted by atomic mass is 35.5. The summed E-state index contributed by atoms with van der Waals surface area (Å²) in [4.78, 5) is 10.2. The summed E-state index contributed by atoms with van der Waals surface area (Å²) in [6, 6.07) is 8.18. The predicted octanol–water partition coefficient (Wildman–Crippen LogP) is 3.83. The van der Waals surface area contributed by atoms with Crippen molar-refractivity contribution in [2.24, 2.45) is 4.99 Å². The fourth-order valence-corrected chi connectivity index (χ4v) is 4.46. The highest BCUT2D eigenvalue weighted by Gasteiger charge is 2.34. The van der Waals surface area contributed by atoms with Gasteiger partial charge in [0.15, 0.2) is 5.96 Å². The van der Waals surface area contributed by atoms with Crippen LogP contribution >= 0.6 is 22.9 Å². The molecule has 1 fully saturated rings. The van der Waals surface area contributed by atoms with Crippen LogP contribution in [0.3, 0.4) is 0 Å². The second-order valence-electron chi connectivity index (χ2n) is 6.93. The average Bonchev–Trinajstić information content (AvgIpc) is 3.00. The van der Waals surface area contributed by atoms with Gasteiger partial charge in [0.1, 0.15) is 5.01 Å². The third-order valence-corrected chi connectivity index (χ3v) is 6.49. The summed E-state index contributed by atoms with van der Waals surface area (Å²) in [5.41, 5.74) is 2.35. The monoisotopic (exact) mass is 406 g/mol. The van der Waals surface area contributed by atoms with Gasteiger partial charge in [0, 0.05) is 42.1 Å². The molecule has 1 saturated heterocycles. The van der Waals surface area contributed by atoms with Gasteiger partial charge >= 0.3 is 0 Å². The summed E-state index contributed by atoms with van der Waals surface area (Å²) >= 11 is 7.98. The third-order valence-electron chi connectivity index (χ3n) is 5.18. The number of guanidine groups is 1. The number of hydrogen-bond donors (Lipinski definition) is 2. The summed E-state index contributed by atoms with van der Waals surface area (Å²) in [6.45, 7) is 7.13. The number of halogens is 1. The average molecular weight is 407 g/mol. The molecule has 1 aliphatic heterocycles. The molecule has 5 nitrogen and oxygen atoms in total. The second-order valence-corrected chi connectivity index (χ2v) is 8.66. The van der Waals surface area contributed by atoms with Gasteiger partial charge in [0.2, 0.25) is 0 Å². The van der Waals surface area contributed by atoms with Crippen LogP contribution in [0.4, 0.5) is 0 Å². The molecule has 2 aromatic rings. The molecule has 0 radical (unpaired) electrons. The minimum Gasteiger partial charge on any atom is -0.381 e. The van der Waals surface area contributed by atoms with Crippen molar-refractivity contribution in [1.82, 2.24) is 15.6 Å². The zero-order chi connectivity index (χ0) is 19.3.